The van der Waals surface area contributed by atoms with Gasteiger partial charge in [-0.15, -0.1) is 0 Å². The molecule has 3 N–H and O–H groups in total. The zero-order valence-electron chi connectivity index (χ0n) is 11.5. The van der Waals surface area contributed by atoms with Crippen molar-refractivity contribution in [3.63, 3.8) is 0 Å². The largest absolute Gasteiger partial charge is 0.357 e. The van der Waals surface area contributed by atoms with E-state index in [-0.39, 0.29) is 0 Å². The van der Waals surface area contributed by atoms with Crippen molar-refractivity contribution >= 4 is 23.0 Å². The fraction of sp³-hybridized carbons (Fsp3) is 0.500. The number of rotatable bonds is 6. The van der Waals surface area contributed by atoms with E-state index >= 15 is 0 Å². The average molecular weight is 266 g/mol. The van der Waals surface area contributed by atoms with E-state index in [1.807, 2.05) is 18.2 Å². The van der Waals surface area contributed by atoms with Gasteiger partial charge in [-0.25, -0.2) is 0 Å². The van der Waals surface area contributed by atoms with E-state index in [0.29, 0.717) is 5.11 Å². The maximum Gasteiger partial charge on any atom is 0.170 e. The topological polar surface area (TPSA) is 28.5 Å². The maximum absolute atomic E-state index is 5.29. The van der Waals surface area contributed by atoms with Gasteiger partial charge in [0.05, 0.1) is 26.2 Å². The summed E-state index contributed by atoms with van der Waals surface area (Å²) in [5.41, 5.74) is 2.28. The number of hydrogen-bond donors (Lipinski definition) is 3. The third-order valence-electron chi connectivity index (χ3n) is 3.16. The summed E-state index contributed by atoms with van der Waals surface area (Å²) in [5, 5.41) is 7.19. The standard InChI is InChI=1S/C14H23N3S/c1-4-17(5-2)11-10-15-14(18)16-13-9-7-6-8-12(13)3/h6-9H,4-5,10-11H2,1-3H3,(H2,15,16,18)/p+1. The van der Waals surface area contributed by atoms with Crippen molar-refractivity contribution in [1.82, 2.24) is 5.32 Å². The predicted octanol–water partition coefficient (Wildman–Crippen LogP) is 1.21. The number of nitrogens with one attached hydrogen (secondary N) is 3. The molecule has 18 heavy (non-hydrogen) atoms. The van der Waals surface area contributed by atoms with Crippen LogP contribution in [0.15, 0.2) is 24.3 Å². The van der Waals surface area contributed by atoms with Gasteiger partial charge in [0.2, 0.25) is 0 Å². The van der Waals surface area contributed by atoms with Crippen LogP contribution in [-0.2, 0) is 0 Å². The van der Waals surface area contributed by atoms with Crippen LogP contribution in [0.3, 0.4) is 0 Å². The van der Waals surface area contributed by atoms with Crippen molar-refractivity contribution < 1.29 is 4.90 Å². The van der Waals surface area contributed by atoms with Gasteiger partial charge < -0.3 is 15.5 Å². The molecule has 0 aliphatic rings. The van der Waals surface area contributed by atoms with E-state index in [0.717, 1.165) is 31.9 Å². The highest BCUT2D eigenvalue weighted by Gasteiger charge is 2.03. The van der Waals surface area contributed by atoms with Gasteiger partial charge in [-0.05, 0) is 44.6 Å². The van der Waals surface area contributed by atoms with Gasteiger partial charge in [0, 0.05) is 5.69 Å². The lowest BCUT2D eigenvalue weighted by Gasteiger charge is -2.17. The summed E-state index contributed by atoms with van der Waals surface area (Å²) < 4.78 is 0. The molecule has 0 aliphatic heterocycles. The monoisotopic (exact) mass is 266 g/mol. The minimum absolute atomic E-state index is 0.704. The van der Waals surface area contributed by atoms with Crippen molar-refractivity contribution in [3.8, 4) is 0 Å². The Balaban J connectivity index is 2.32. The van der Waals surface area contributed by atoms with Gasteiger partial charge in [0.1, 0.15) is 0 Å². The molecule has 0 saturated carbocycles. The van der Waals surface area contributed by atoms with E-state index in [1.54, 1.807) is 4.90 Å². The second kappa shape index (κ2) is 8.06. The van der Waals surface area contributed by atoms with E-state index in [4.69, 9.17) is 12.2 Å². The second-order valence-electron chi connectivity index (χ2n) is 4.40. The Kier molecular flexibility index (Phi) is 6.68. The fourth-order valence-corrected chi connectivity index (χ4v) is 2.05. The van der Waals surface area contributed by atoms with Crippen LogP contribution in [0.2, 0.25) is 0 Å². The molecule has 4 heteroatoms. The first-order valence-corrected chi connectivity index (χ1v) is 7.02. The molecule has 100 valence electrons. The lowest BCUT2D eigenvalue weighted by Crippen LogP contribution is -3.12. The maximum atomic E-state index is 5.29. The Hall–Kier alpha value is -1.13. The number of para-hydroxylation sites is 1. The molecule has 0 radical (unpaired) electrons. The van der Waals surface area contributed by atoms with Crippen LogP contribution in [0.25, 0.3) is 0 Å². The Labute approximate surface area is 116 Å². The van der Waals surface area contributed by atoms with Gasteiger partial charge in [-0.1, -0.05) is 18.2 Å². The first-order chi connectivity index (χ1) is 8.67. The van der Waals surface area contributed by atoms with Gasteiger partial charge in [-0.2, -0.15) is 0 Å². The van der Waals surface area contributed by atoms with Crippen LogP contribution in [0.1, 0.15) is 19.4 Å². The summed E-state index contributed by atoms with van der Waals surface area (Å²) in [6.45, 7) is 10.8. The van der Waals surface area contributed by atoms with E-state index in [2.05, 4.69) is 37.5 Å². The average Bonchev–Trinajstić information content (AvgIpc) is 2.37. The Bertz CT molecular complexity index is 375. The van der Waals surface area contributed by atoms with Crippen LogP contribution in [0.5, 0.6) is 0 Å². The number of aryl methyl sites for hydroxylation is 1. The highest BCUT2D eigenvalue weighted by atomic mass is 32.1. The molecule has 0 heterocycles. The molecule has 0 aliphatic carbocycles. The van der Waals surface area contributed by atoms with E-state index in [9.17, 15) is 0 Å². The number of likely N-dealkylation sites (N-methyl/N-ethyl adjacent to an activating group) is 1. The molecular weight excluding hydrogens is 242 g/mol. The molecule has 0 amide bonds. The number of thiocarbonyl (C=S) groups is 1. The van der Waals surface area contributed by atoms with Crippen molar-refractivity contribution in [2.75, 3.05) is 31.5 Å². The minimum atomic E-state index is 0.704. The first kappa shape index (κ1) is 14.9. The molecule has 1 rings (SSSR count). The number of benzene rings is 1. The molecule has 0 fully saturated rings. The summed E-state index contributed by atoms with van der Waals surface area (Å²) in [6, 6.07) is 8.16. The Morgan fingerprint density at radius 2 is 1.89 bits per heavy atom. The van der Waals surface area contributed by atoms with Gasteiger partial charge in [-0.3, -0.25) is 0 Å². The van der Waals surface area contributed by atoms with Crippen molar-refractivity contribution in [2.45, 2.75) is 20.8 Å². The third kappa shape index (κ3) is 5.02. The van der Waals surface area contributed by atoms with Crippen molar-refractivity contribution in [3.05, 3.63) is 29.8 Å². The molecule has 0 atom stereocenters. The quantitative estimate of drug-likeness (QED) is 0.676. The lowest BCUT2D eigenvalue weighted by molar-refractivity contribution is -0.895. The molecular formula is C14H24N3S+. The molecule has 0 bridgehead atoms. The normalized spacial score (nSPS) is 10.4. The van der Waals surface area contributed by atoms with E-state index in [1.165, 1.54) is 5.56 Å². The summed E-state index contributed by atoms with van der Waals surface area (Å²) >= 11 is 5.29. The van der Waals surface area contributed by atoms with Gasteiger partial charge in [0.15, 0.2) is 5.11 Å². The van der Waals surface area contributed by atoms with Crippen molar-refractivity contribution in [2.24, 2.45) is 0 Å². The zero-order valence-corrected chi connectivity index (χ0v) is 12.4. The summed E-state index contributed by atoms with van der Waals surface area (Å²) in [7, 11) is 0. The smallest absolute Gasteiger partial charge is 0.170 e. The zero-order chi connectivity index (χ0) is 13.4. The Morgan fingerprint density at radius 3 is 2.50 bits per heavy atom. The van der Waals surface area contributed by atoms with Crippen LogP contribution in [0, 0.1) is 6.92 Å². The molecule has 0 spiro atoms. The van der Waals surface area contributed by atoms with Crippen LogP contribution in [0.4, 0.5) is 5.69 Å². The van der Waals surface area contributed by atoms with Gasteiger partial charge >= 0.3 is 0 Å². The molecule has 0 unspecified atom stereocenters. The summed E-state index contributed by atoms with van der Waals surface area (Å²) in [5.74, 6) is 0. The first-order valence-electron chi connectivity index (χ1n) is 6.61. The molecule has 0 aromatic heterocycles. The third-order valence-corrected chi connectivity index (χ3v) is 3.40. The number of anilines is 1. The Morgan fingerprint density at radius 1 is 1.22 bits per heavy atom. The van der Waals surface area contributed by atoms with Crippen molar-refractivity contribution in [1.29, 1.82) is 0 Å². The number of quaternary nitrogens is 1. The van der Waals surface area contributed by atoms with Gasteiger partial charge in [0.25, 0.3) is 0 Å². The predicted molar refractivity (Wildman–Crippen MR) is 82.3 cm³/mol. The molecule has 1 aromatic carbocycles. The highest BCUT2D eigenvalue weighted by Crippen LogP contribution is 2.12. The molecule has 0 saturated heterocycles. The lowest BCUT2D eigenvalue weighted by atomic mass is 10.2. The summed E-state index contributed by atoms with van der Waals surface area (Å²) in [4.78, 5) is 1.58. The van der Waals surface area contributed by atoms with Crippen LogP contribution in [-0.4, -0.2) is 31.3 Å². The number of hydrogen-bond acceptors (Lipinski definition) is 1. The SMILES string of the molecule is CC[NH+](CC)CCNC(=S)Nc1ccccc1C. The fourth-order valence-electron chi connectivity index (χ4n) is 1.84. The molecule has 1 aromatic rings. The summed E-state index contributed by atoms with van der Waals surface area (Å²) in [6.07, 6.45) is 0. The van der Waals surface area contributed by atoms with E-state index < -0.39 is 0 Å². The van der Waals surface area contributed by atoms with Crippen LogP contribution < -0.4 is 15.5 Å². The minimum Gasteiger partial charge on any atom is -0.357 e. The van der Waals surface area contributed by atoms with Crippen LogP contribution >= 0.6 is 12.2 Å². The second-order valence-corrected chi connectivity index (χ2v) is 4.81. The highest BCUT2D eigenvalue weighted by molar-refractivity contribution is 7.80. The molecule has 3 nitrogen and oxygen atoms in total.